The smallest absolute Gasteiger partial charge is 0.311 e. The molecule has 0 aromatic rings. The van der Waals surface area contributed by atoms with Crippen LogP contribution in [0.3, 0.4) is 0 Å². The largest absolute Gasteiger partial charge is 0.458 e. The van der Waals surface area contributed by atoms with Gasteiger partial charge in [0, 0.05) is 12.5 Å². The molecule has 3 nitrogen and oxygen atoms in total. The van der Waals surface area contributed by atoms with E-state index in [1.54, 1.807) is 0 Å². The minimum absolute atomic E-state index is 0.00295. The summed E-state index contributed by atoms with van der Waals surface area (Å²) in [5.74, 6) is 0.450. The molecule has 0 aromatic carbocycles. The lowest BCUT2D eigenvalue weighted by Gasteiger charge is -2.30. The number of carbonyl (C=O) groups excluding carboxylic acids is 1. The van der Waals surface area contributed by atoms with Crippen LogP contribution < -0.4 is 0 Å². The molecule has 0 N–H and O–H groups in total. The van der Waals surface area contributed by atoms with E-state index in [1.165, 1.54) is 30.4 Å². The SMILES string of the molecule is C/C1=C\[C@@H]2OC(=O)[C@@H](CN3CCCCC3)[C@@H]2CC/C(C)=C/CC1. The molecular weight excluding hydrogens is 286 g/mol. The fourth-order valence-electron chi connectivity index (χ4n) is 4.27. The molecule has 0 radical (unpaired) electrons. The quantitative estimate of drug-likeness (QED) is 0.567. The molecular formula is C20H31NO2. The lowest BCUT2D eigenvalue weighted by atomic mass is 9.83. The normalized spacial score (nSPS) is 38.0. The molecule has 3 aliphatic rings. The molecule has 2 heterocycles. The van der Waals surface area contributed by atoms with E-state index in [9.17, 15) is 4.79 Å². The van der Waals surface area contributed by atoms with Crippen molar-refractivity contribution in [3.63, 3.8) is 0 Å². The number of piperidine rings is 1. The van der Waals surface area contributed by atoms with Gasteiger partial charge in [0.25, 0.3) is 0 Å². The van der Waals surface area contributed by atoms with E-state index in [-0.39, 0.29) is 18.0 Å². The van der Waals surface area contributed by atoms with E-state index in [0.29, 0.717) is 5.92 Å². The minimum Gasteiger partial charge on any atom is -0.458 e. The number of allylic oxidation sites excluding steroid dienone is 3. The van der Waals surface area contributed by atoms with Crippen LogP contribution in [-0.2, 0) is 9.53 Å². The highest BCUT2D eigenvalue weighted by Gasteiger charge is 2.43. The average Bonchev–Trinajstić information content (AvgIpc) is 2.81. The van der Waals surface area contributed by atoms with E-state index >= 15 is 0 Å². The predicted molar refractivity (Wildman–Crippen MR) is 93.1 cm³/mol. The van der Waals surface area contributed by atoms with Gasteiger partial charge in [0.2, 0.25) is 0 Å². The zero-order chi connectivity index (χ0) is 16.2. The average molecular weight is 317 g/mol. The maximum Gasteiger partial charge on any atom is 0.311 e. The number of carbonyl (C=O) groups is 1. The highest BCUT2D eigenvalue weighted by Crippen LogP contribution is 2.36. The molecule has 0 bridgehead atoms. The Morgan fingerprint density at radius 3 is 2.70 bits per heavy atom. The van der Waals surface area contributed by atoms with Gasteiger partial charge in [-0.1, -0.05) is 23.6 Å². The maximum atomic E-state index is 12.5. The summed E-state index contributed by atoms with van der Waals surface area (Å²) >= 11 is 0. The summed E-state index contributed by atoms with van der Waals surface area (Å²) in [6, 6.07) is 0. The van der Waals surface area contributed by atoms with Crippen molar-refractivity contribution in [2.24, 2.45) is 11.8 Å². The molecule has 0 saturated carbocycles. The monoisotopic (exact) mass is 317 g/mol. The van der Waals surface area contributed by atoms with Crippen LogP contribution in [0.25, 0.3) is 0 Å². The van der Waals surface area contributed by atoms with Gasteiger partial charge < -0.3 is 9.64 Å². The first-order chi connectivity index (χ1) is 11.1. The summed E-state index contributed by atoms with van der Waals surface area (Å²) < 4.78 is 5.80. The number of nitrogens with zero attached hydrogens (tertiary/aromatic N) is 1. The zero-order valence-electron chi connectivity index (χ0n) is 14.7. The van der Waals surface area contributed by atoms with Crippen molar-refractivity contribution in [1.29, 1.82) is 0 Å². The van der Waals surface area contributed by atoms with Crippen molar-refractivity contribution in [3.05, 3.63) is 23.3 Å². The molecule has 23 heavy (non-hydrogen) atoms. The lowest BCUT2D eigenvalue weighted by Crippen LogP contribution is -2.38. The number of rotatable bonds is 2. The highest BCUT2D eigenvalue weighted by molar-refractivity contribution is 5.76. The van der Waals surface area contributed by atoms with Crippen LogP contribution in [0.1, 0.15) is 58.8 Å². The van der Waals surface area contributed by atoms with Crippen molar-refractivity contribution in [3.8, 4) is 0 Å². The summed E-state index contributed by atoms with van der Waals surface area (Å²) in [6.07, 6.45) is 12.8. The summed E-state index contributed by atoms with van der Waals surface area (Å²) in [7, 11) is 0. The number of esters is 1. The number of hydrogen-bond acceptors (Lipinski definition) is 3. The number of likely N-dealkylation sites (tertiary alicyclic amines) is 1. The van der Waals surface area contributed by atoms with Crippen molar-refractivity contribution >= 4 is 5.97 Å². The predicted octanol–water partition coefficient (Wildman–Crippen LogP) is 4.10. The molecule has 0 spiro atoms. The lowest BCUT2D eigenvalue weighted by molar-refractivity contribution is -0.143. The van der Waals surface area contributed by atoms with Gasteiger partial charge in [-0.2, -0.15) is 0 Å². The van der Waals surface area contributed by atoms with E-state index in [0.717, 1.165) is 45.3 Å². The summed E-state index contributed by atoms with van der Waals surface area (Å²) in [6.45, 7) is 7.60. The van der Waals surface area contributed by atoms with Crippen LogP contribution in [0.15, 0.2) is 23.3 Å². The van der Waals surface area contributed by atoms with Gasteiger partial charge in [-0.25, -0.2) is 0 Å². The second-order valence-electron chi connectivity index (χ2n) is 7.67. The van der Waals surface area contributed by atoms with Gasteiger partial charge >= 0.3 is 5.97 Å². The fourth-order valence-corrected chi connectivity index (χ4v) is 4.27. The van der Waals surface area contributed by atoms with Gasteiger partial charge in [0.15, 0.2) is 0 Å². The third-order valence-electron chi connectivity index (χ3n) is 5.75. The molecule has 0 aromatic heterocycles. The molecule has 3 rings (SSSR count). The van der Waals surface area contributed by atoms with Gasteiger partial charge in [0.1, 0.15) is 6.10 Å². The summed E-state index contributed by atoms with van der Waals surface area (Å²) in [5.41, 5.74) is 2.83. The summed E-state index contributed by atoms with van der Waals surface area (Å²) in [5, 5.41) is 0. The Balaban J connectivity index is 1.74. The zero-order valence-corrected chi connectivity index (χ0v) is 14.7. The Labute approximate surface area is 140 Å². The minimum atomic E-state index is 0.00295. The van der Waals surface area contributed by atoms with Crippen LogP contribution in [0.5, 0.6) is 0 Å². The standard InChI is InChI=1S/C20H31NO2/c1-15-7-6-8-16(2)13-19-17(10-9-15)18(20(22)23-19)14-21-11-4-3-5-12-21/h7,13,17-19H,3-6,8-12,14H2,1-2H3/b15-7+,16-13+/t17-,18-,19-/m0/s1. The van der Waals surface area contributed by atoms with Gasteiger partial charge in [0.05, 0.1) is 5.92 Å². The van der Waals surface area contributed by atoms with E-state index in [2.05, 4.69) is 30.9 Å². The molecule has 1 aliphatic carbocycles. The molecule has 2 fully saturated rings. The molecule has 3 atom stereocenters. The fraction of sp³-hybridized carbons (Fsp3) is 0.750. The Bertz CT molecular complexity index is 488. The van der Waals surface area contributed by atoms with Gasteiger partial charge in [-0.3, -0.25) is 4.79 Å². The van der Waals surface area contributed by atoms with Crippen LogP contribution in [0, 0.1) is 11.8 Å². The second-order valence-corrected chi connectivity index (χ2v) is 7.67. The first kappa shape index (κ1) is 16.8. The Hall–Kier alpha value is -1.09. The molecule has 3 heteroatoms. The second kappa shape index (κ2) is 7.65. The van der Waals surface area contributed by atoms with Crippen LogP contribution in [0.2, 0.25) is 0 Å². The van der Waals surface area contributed by atoms with Crippen molar-refractivity contribution in [2.45, 2.75) is 64.9 Å². The number of hydrogen-bond donors (Lipinski definition) is 0. The molecule has 0 amide bonds. The van der Waals surface area contributed by atoms with Gasteiger partial charge in [-0.15, -0.1) is 0 Å². The maximum absolute atomic E-state index is 12.5. The Kier molecular flexibility index (Phi) is 5.58. The summed E-state index contributed by atoms with van der Waals surface area (Å²) in [4.78, 5) is 15.0. The molecule has 128 valence electrons. The number of fused-ring (bicyclic) bond motifs is 1. The van der Waals surface area contributed by atoms with Crippen molar-refractivity contribution in [2.75, 3.05) is 19.6 Å². The third-order valence-corrected chi connectivity index (χ3v) is 5.75. The van der Waals surface area contributed by atoms with Gasteiger partial charge in [-0.05, 0) is 71.5 Å². The van der Waals surface area contributed by atoms with Crippen molar-refractivity contribution < 1.29 is 9.53 Å². The van der Waals surface area contributed by atoms with Crippen molar-refractivity contribution in [1.82, 2.24) is 4.90 Å². The molecule has 0 unspecified atom stereocenters. The third kappa shape index (κ3) is 4.26. The molecule has 2 aliphatic heterocycles. The first-order valence-electron chi connectivity index (χ1n) is 9.39. The van der Waals surface area contributed by atoms with E-state index in [4.69, 9.17) is 4.74 Å². The number of ether oxygens (including phenoxy) is 1. The highest BCUT2D eigenvalue weighted by atomic mass is 16.6. The Morgan fingerprint density at radius 2 is 1.91 bits per heavy atom. The first-order valence-corrected chi connectivity index (χ1v) is 9.39. The van der Waals surface area contributed by atoms with E-state index < -0.39 is 0 Å². The van der Waals surface area contributed by atoms with Crippen LogP contribution >= 0.6 is 0 Å². The topological polar surface area (TPSA) is 29.5 Å². The van der Waals surface area contributed by atoms with Crippen LogP contribution in [-0.4, -0.2) is 36.6 Å². The van der Waals surface area contributed by atoms with E-state index in [1.807, 2.05) is 0 Å². The molecule has 2 saturated heterocycles. The van der Waals surface area contributed by atoms with Crippen LogP contribution in [0.4, 0.5) is 0 Å². The Morgan fingerprint density at radius 1 is 1.13 bits per heavy atom.